The monoisotopic (exact) mass is 274 g/mol. The number of rotatable bonds is 2. The number of fused-ring (bicyclic) bond motifs is 1. The molecule has 110 valence electrons. The highest BCUT2D eigenvalue weighted by atomic mass is 16.1. The molecular weight excluding hydrogens is 248 g/mol. The predicted molar refractivity (Wildman–Crippen MR) is 81.1 cm³/mol. The largest absolute Gasteiger partial charge is 0.310 e. The first-order valence-electron chi connectivity index (χ1n) is 8.40. The minimum atomic E-state index is 0.144. The number of aromatic amines is 1. The molecule has 1 fully saturated rings. The van der Waals surface area contributed by atoms with Crippen LogP contribution >= 0.6 is 0 Å². The van der Waals surface area contributed by atoms with E-state index in [4.69, 9.17) is 4.98 Å². The fraction of sp³-hybridized carbons (Fsp3) is 0.765. The van der Waals surface area contributed by atoms with Crippen LogP contribution in [0.2, 0.25) is 0 Å². The van der Waals surface area contributed by atoms with Crippen LogP contribution in [0.15, 0.2) is 4.79 Å². The van der Waals surface area contributed by atoms with E-state index in [1.54, 1.807) is 0 Å². The maximum Gasteiger partial charge on any atom is 0.254 e. The topological polar surface area (TPSA) is 45.8 Å². The summed E-state index contributed by atoms with van der Waals surface area (Å²) in [5, 5.41) is 0. The maximum atomic E-state index is 12.3. The van der Waals surface area contributed by atoms with Crippen LogP contribution in [0.1, 0.15) is 81.3 Å². The lowest BCUT2D eigenvalue weighted by molar-refractivity contribution is 0.306. The summed E-state index contributed by atoms with van der Waals surface area (Å²) in [6, 6.07) is 0. The molecule has 0 radical (unpaired) electrons. The number of aromatic nitrogens is 2. The lowest BCUT2D eigenvalue weighted by atomic mass is 9.80. The second-order valence-corrected chi connectivity index (χ2v) is 6.57. The molecule has 3 rings (SSSR count). The van der Waals surface area contributed by atoms with Gasteiger partial charge < -0.3 is 4.98 Å². The normalized spacial score (nSPS) is 26.9. The van der Waals surface area contributed by atoms with Gasteiger partial charge in [-0.15, -0.1) is 0 Å². The van der Waals surface area contributed by atoms with E-state index in [2.05, 4.69) is 11.9 Å². The van der Waals surface area contributed by atoms with Crippen LogP contribution < -0.4 is 5.56 Å². The molecule has 2 aliphatic rings. The summed E-state index contributed by atoms with van der Waals surface area (Å²) in [6.45, 7) is 2.28. The first-order chi connectivity index (χ1) is 9.78. The first-order valence-corrected chi connectivity index (χ1v) is 8.40. The van der Waals surface area contributed by atoms with Crippen molar-refractivity contribution in [3.05, 3.63) is 27.4 Å². The second kappa shape index (κ2) is 6.11. The zero-order chi connectivity index (χ0) is 13.9. The SMILES string of the molecule is CCC1CCCC(c2nc3c(c(=O)[nH]2)CCCCC3)C1. The van der Waals surface area contributed by atoms with Crippen LogP contribution in [-0.2, 0) is 12.8 Å². The molecule has 1 aromatic rings. The molecule has 0 saturated heterocycles. The standard InChI is InChI=1S/C17H26N2O/c1-2-12-7-6-8-13(11-12)16-18-15-10-5-3-4-9-14(15)17(20)19-16/h12-13H,2-11H2,1H3,(H,18,19,20). The molecule has 1 aromatic heterocycles. The smallest absolute Gasteiger partial charge is 0.254 e. The van der Waals surface area contributed by atoms with E-state index >= 15 is 0 Å². The summed E-state index contributed by atoms with van der Waals surface area (Å²) in [5.74, 6) is 2.28. The Balaban J connectivity index is 1.88. The Labute approximate surface area is 121 Å². The molecule has 0 aliphatic heterocycles. The van der Waals surface area contributed by atoms with E-state index in [-0.39, 0.29) is 5.56 Å². The zero-order valence-electron chi connectivity index (χ0n) is 12.6. The minimum absolute atomic E-state index is 0.144. The Bertz CT molecular complexity index is 520. The number of nitrogens with zero attached hydrogens (tertiary/aromatic N) is 1. The van der Waals surface area contributed by atoms with Gasteiger partial charge in [-0.05, 0) is 44.4 Å². The molecular formula is C17H26N2O. The Morgan fingerprint density at radius 3 is 2.85 bits per heavy atom. The number of H-pyrrole nitrogens is 1. The average molecular weight is 274 g/mol. The molecule has 3 heteroatoms. The van der Waals surface area contributed by atoms with E-state index in [1.165, 1.54) is 44.9 Å². The van der Waals surface area contributed by atoms with Gasteiger partial charge in [0.15, 0.2) is 0 Å². The Morgan fingerprint density at radius 1 is 1.15 bits per heavy atom. The molecule has 2 atom stereocenters. The van der Waals surface area contributed by atoms with Crippen molar-refractivity contribution in [1.82, 2.24) is 9.97 Å². The predicted octanol–water partition coefficient (Wildman–Crippen LogP) is 3.72. The number of hydrogen-bond acceptors (Lipinski definition) is 2. The molecule has 3 nitrogen and oxygen atoms in total. The number of nitrogens with one attached hydrogen (secondary N) is 1. The summed E-state index contributed by atoms with van der Waals surface area (Å²) in [5.41, 5.74) is 2.21. The maximum absolute atomic E-state index is 12.3. The minimum Gasteiger partial charge on any atom is -0.310 e. The van der Waals surface area contributed by atoms with Crippen molar-refractivity contribution in [3.63, 3.8) is 0 Å². The Hall–Kier alpha value is -1.12. The lowest BCUT2D eigenvalue weighted by Gasteiger charge is -2.28. The molecule has 0 aromatic carbocycles. The van der Waals surface area contributed by atoms with Crippen LogP contribution in [0.3, 0.4) is 0 Å². The van der Waals surface area contributed by atoms with Gasteiger partial charge >= 0.3 is 0 Å². The summed E-state index contributed by atoms with van der Waals surface area (Å²) in [6.07, 6.45) is 11.8. The van der Waals surface area contributed by atoms with Crippen LogP contribution in [0.25, 0.3) is 0 Å². The van der Waals surface area contributed by atoms with E-state index in [0.29, 0.717) is 5.92 Å². The zero-order valence-corrected chi connectivity index (χ0v) is 12.6. The van der Waals surface area contributed by atoms with Crippen molar-refractivity contribution in [2.45, 2.75) is 77.0 Å². The van der Waals surface area contributed by atoms with Gasteiger partial charge in [0.25, 0.3) is 5.56 Å². The third kappa shape index (κ3) is 2.82. The van der Waals surface area contributed by atoms with Gasteiger partial charge in [-0.25, -0.2) is 4.98 Å². The quantitative estimate of drug-likeness (QED) is 0.835. The van der Waals surface area contributed by atoms with Crippen molar-refractivity contribution < 1.29 is 0 Å². The third-order valence-corrected chi connectivity index (χ3v) is 5.21. The summed E-state index contributed by atoms with van der Waals surface area (Å²) >= 11 is 0. The van der Waals surface area contributed by atoms with Crippen molar-refractivity contribution in [2.24, 2.45) is 5.92 Å². The van der Waals surface area contributed by atoms with Crippen molar-refractivity contribution >= 4 is 0 Å². The molecule has 1 N–H and O–H groups in total. The van der Waals surface area contributed by atoms with Crippen molar-refractivity contribution in [1.29, 1.82) is 0 Å². The molecule has 1 heterocycles. The lowest BCUT2D eigenvalue weighted by Crippen LogP contribution is -2.24. The van der Waals surface area contributed by atoms with E-state index in [1.807, 2.05) is 0 Å². The summed E-state index contributed by atoms with van der Waals surface area (Å²) in [4.78, 5) is 20.3. The van der Waals surface area contributed by atoms with Crippen LogP contribution in [0, 0.1) is 5.92 Å². The molecule has 20 heavy (non-hydrogen) atoms. The molecule has 0 amide bonds. The molecule has 1 saturated carbocycles. The fourth-order valence-corrected chi connectivity index (χ4v) is 3.90. The molecule has 0 spiro atoms. The highest BCUT2D eigenvalue weighted by molar-refractivity contribution is 5.20. The van der Waals surface area contributed by atoms with Gasteiger partial charge in [0.1, 0.15) is 5.82 Å². The Kier molecular flexibility index (Phi) is 4.23. The van der Waals surface area contributed by atoms with E-state index in [0.717, 1.165) is 42.3 Å². The average Bonchev–Trinajstić information content (AvgIpc) is 2.73. The van der Waals surface area contributed by atoms with Gasteiger partial charge in [0.2, 0.25) is 0 Å². The van der Waals surface area contributed by atoms with E-state index < -0.39 is 0 Å². The molecule has 0 bridgehead atoms. The first kappa shape index (κ1) is 13.8. The van der Waals surface area contributed by atoms with Crippen LogP contribution in [0.5, 0.6) is 0 Å². The Morgan fingerprint density at radius 2 is 2.00 bits per heavy atom. The van der Waals surface area contributed by atoms with E-state index in [9.17, 15) is 4.79 Å². The summed E-state index contributed by atoms with van der Waals surface area (Å²) < 4.78 is 0. The van der Waals surface area contributed by atoms with Gasteiger partial charge in [0.05, 0.1) is 5.69 Å². The van der Waals surface area contributed by atoms with Crippen molar-refractivity contribution in [3.8, 4) is 0 Å². The second-order valence-electron chi connectivity index (χ2n) is 6.57. The van der Waals surface area contributed by atoms with Gasteiger partial charge in [0, 0.05) is 11.5 Å². The summed E-state index contributed by atoms with van der Waals surface area (Å²) in [7, 11) is 0. The third-order valence-electron chi connectivity index (χ3n) is 5.21. The fourth-order valence-electron chi connectivity index (χ4n) is 3.90. The van der Waals surface area contributed by atoms with Gasteiger partial charge in [-0.3, -0.25) is 4.79 Å². The molecule has 2 aliphatic carbocycles. The van der Waals surface area contributed by atoms with Crippen LogP contribution in [-0.4, -0.2) is 9.97 Å². The number of aryl methyl sites for hydroxylation is 1. The molecule has 2 unspecified atom stereocenters. The highest BCUT2D eigenvalue weighted by Crippen LogP contribution is 2.36. The van der Waals surface area contributed by atoms with Gasteiger partial charge in [-0.2, -0.15) is 0 Å². The van der Waals surface area contributed by atoms with Crippen LogP contribution in [0.4, 0.5) is 0 Å². The van der Waals surface area contributed by atoms with Crippen molar-refractivity contribution in [2.75, 3.05) is 0 Å². The number of hydrogen-bond donors (Lipinski definition) is 1. The van der Waals surface area contributed by atoms with Gasteiger partial charge in [-0.1, -0.05) is 32.6 Å². The highest BCUT2D eigenvalue weighted by Gasteiger charge is 2.25.